The Hall–Kier alpha value is -0.300. The number of halogens is 2. The number of hydrogen-bond donors (Lipinski definition) is 2. The third-order valence-corrected chi connectivity index (χ3v) is 6.84. The van der Waals surface area contributed by atoms with Gasteiger partial charge in [0.25, 0.3) is 0 Å². The number of anilines is 1. The standard InChI is InChI=1S/C13H18BrClN2O2S/c1-8(2)13(3-4-13)7-17-20(18,19)11-6-9(15)5-10(16)12(11)14/h5-6,8,17H,3-4,7,16H2,1-2H3. The van der Waals surface area contributed by atoms with Crippen molar-refractivity contribution >= 4 is 43.2 Å². The summed E-state index contributed by atoms with van der Waals surface area (Å²) >= 11 is 9.10. The monoisotopic (exact) mass is 380 g/mol. The Morgan fingerprint density at radius 1 is 1.45 bits per heavy atom. The van der Waals surface area contributed by atoms with Crippen molar-refractivity contribution in [3.05, 3.63) is 21.6 Å². The van der Waals surface area contributed by atoms with Gasteiger partial charge in [0, 0.05) is 17.3 Å². The first kappa shape index (κ1) is 16.1. The van der Waals surface area contributed by atoms with Gasteiger partial charge in [-0.1, -0.05) is 25.4 Å². The van der Waals surface area contributed by atoms with Gasteiger partial charge in [-0.3, -0.25) is 0 Å². The SMILES string of the molecule is CC(C)C1(CNS(=O)(=O)c2cc(Cl)cc(N)c2Br)CC1. The molecule has 0 atom stereocenters. The minimum absolute atomic E-state index is 0.0852. The number of nitrogen functional groups attached to an aromatic ring is 1. The molecule has 1 fully saturated rings. The van der Waals surface area contributed by atoms with Gasteiger partial charge in [-0.2, -0.15) is 0 Å². The Balaban J connectivity index is 2.23. The van der Waals surface area contributed by atoms with Gasteiger partial charge in [-0.25, -0.2) is 13.1 Å². The number of sulfonamides is 1. The van der Waals surface area contributed by atoms with E-state index in [9.17, 15) is 8.42 Å². The van der Waals surface area contributed by atoms with E-state index < -0.39 is 10.0 Å². The van der Waals surface area contributed by atoms with E-state index >= 15 is 0 Å². The van der Waals surface area contributed by atoms with Gasteiger partial charge in [-0.05, 0) is 52.2 Å². The molecular weight excluding hydrogens is 364 g/mol. The fourth-order valence-electron chi connectivity index (χ4n) is 2.22. The smallest absolute Gasteiger partial charge is 0.241 e. The second kappa shape index (κ2) is 5.48. The second-order valence-corrected chi connectivity index (χ2v) is 8.61. The van der Waals surface area contributed by atoms with Gasteiger partial charge in [0.15, 0.2) is 0 Å². The molecule has 4 nitrogen and oxygen atoms in total. The average molecular weight is 382 g/mol. The van der Waals surface area contributed by atoms with Gasteiger partial charge in [-0.15, -0.1) is 0 Å². The summed E-state index contributed by atoms with van der Waals surface area (Å²) in [6.07, 6.45) is 2.12. The quantitative estimate of drug-likeness (QED) is 0.768. The maximum atomic E-state index is 12.4. The highest BCUT2D eigenvalue weighted by Gasteiger charge is 2.45. The Labute approximate surface area is 133 Å². The van der Waals surface area contributed by atoms with Crippen molar-refractivity contribution < 1.29 is 8.42 Å². The van der Waals surface area contributed by atoms with Gasteiger partial charge >= 0.3 is 0 Å². The summed E-state index contributed by atoms with van der Waals surface area (Å²) in [6, 6.07) is 2.92. The lowest BCUT2D eigenvalue weighted by Gasteiger charge is -2.20. The molecule has 0 aliphatic heterocycles. The molecule has 0 unspecified atom stereocenters. The molecule has 1 aliphatic rings. The van der Waals surface area contributed by atoms with Gasteiger partial charge in [0.05, 0.1) is 9.37 Å². The number of hydrogen-bond acceptors (Lipinski definition) is 3. The van der Waals surface area contributed by atoms with E-state index in [2.05, 4.69) is 34.5 Å². The van der Waals surface area contributed by atoms with E-state index in [4.69, 9.17) is 17.3 Å². The molecular formula is C13H18BrClN2O2S. The summed E-state index contributed by atoms with van der Waals surface area (Å²) in [5.41, 5.74) is 6.15. The van der Waals surface area contributed by atoms with Crippen molar-refractivity contribution in [1.82, 2.24) is 4.72 Å². The molecule has 1 saturated carbocycles. The molecule has 0 heterocycles. The van der Waals surface area contributed by atoms with Crippen LogP contribution in [0, 0.1) is 11.3 Å². The maximum absolute atomic E-state index is 12.4. The van der Waals surface area contributed by atoms with E-state index in [1.54, 1.807) is 0 Å². The topological polar surface area (TPSA) is 72.2 Å². The predicted octanol–water partition coefficient (Wildman–Crippen LogP) is 3.40. The van der Waals surface area contributed by atoms with Crippen LogP contribution in [0.4, 0.5) is 5.69 Å². The van der Waals surface area contributed by atoms with Crippen LogP contribution in [0.3, 0.4) is 0 Å². The molecule has 3 N–H and O–H groups in total. The third-order valence-electron chi connectivity index (χ3n) is 4.05. The predicted molar refractivity (Wildman–Crippen MR) is 85.3 cm³/mol. The van der Waals surface area contributed by atoms with E-state index in [1.807, 2.05) is 0 Å². The van der Waals surface area contributed by atoms with Crippen molar-refractivity contribution in [2.45, 2.75) is 31.6 Å². The fraction of sp³-hybridized carbons (Fsp3) is 0.538. The molecule has 0 bridgehead atoms. The zero-order chi connectivity index (χ0) is 15.1. The molecule has 1 aromatic carbocycles. The summed E-state index contributed by atoms with van der Waals surface area (Å²) in [7, 11) is -3.62. The first-order valence-electron chi connectivity index (χ1n) is 6.42. The summed E-state index contributed by atoms with van der Waals surface area (Å²) in [5, 5.41) is 0.302. The largest absolute Gasteiger partial charge is 0.398 e. The highest BCUT2D eigenvalue weighted by atomic mass is 79.9. The fourth-order valence-corrected chi connectivity index (χ4v) is 4.64. The van der Waals surface area contributed by atoms with E-state index in [1.165, 1.54) is 12.1 Å². The van der Waals surface area contributed by atoms with Crippen molar-refractivity contribution in [3.8, 4) is 0 Å². The Bertz CT molecular complexity index is 628. The molecule has 0 saturated heterocycles. The molecule has 112 valence electrons. The second-order valence-electron chi connectivity index (χ2n) is 5.65. The number of nitrogens with two attached hydrogens (primary N) is 1. The lowest BCUT2D eigenvalue weighted by atomic mass is 9.93. The Morgan fingerprint density at radius 3 is 2.55 bits per heavy atom. The van der Waals surface area contributed by atoms with Crippen LogP contribution in [-0.2, 0) is 10.0 Å². The van der Waals surface area contributed by atoms with Crippen molar-refractivity contribution in [2.24, 2.45) is 11.3 Å². The van der Waals surface area contributed by atoms with Crippen LogP contribution >= 0.6 is 27.5 Å². The summed E-state index contributed by atoms with van der Waals surface area (Å²) in [4.78, 5) is 0.0852. The zero-order valence-electron chi connectivity index (χ0n) is 11.4. The number of rotatable bonds is 5. The molecule has 1 aromatic rings. The minimum atomic E-state index is -3.62. The van der Waals surface area contributed by atoms with E-state index in [0.29, 0.717) is 27.6 Å². The summed E-state index contributed by atoms with van der Waals surface area (Å²) in [6.45, 7) is 4.69. The maximum Gasteiger partial charge on any atom is 0.241 e. The van der Waals surface area contributed by atoms with Crippen LogP contribution in [0.5, 0.6) is 0 Å². The van der Waals surface area contributed by atoms with Crippen molar-refractivity contribution in [1.29, 1.82) is 0 Å². The van der Waals surface area contributed by atoms with Gasteiger partial charge < -0.3 is 5.73 Å². The average Bonchev–Trinajstić information content (AvgIpc) is 3.12. The van der Waals surface area contributed by atoms with Crippen molar-refractivity contribution in [2.75, 3.05) is 12.3 Å². The van der Waals surface area contributed by atoms with E-state index in [0.717, 1.165) is 12.8 Å². The van der Waals surface area contributed by atoms with Gasteiger partial charge in [0.1, 0.15) is 0 Å². The van der Waals surface area contributed by atoms with E-state index in [-0.39, 0.29) is 10.3 Å². The molecule has 7 heteroatoms. The van der Waals surface area contributed by atoms with Crippen LogP contribution < -0.4 is 10.5 Å². The highest BCUT2D eigenvalue weighted by Crippen LogP contribution is 2.51. The first-order valence-corrected chi connectivity index (χ1v) is 9.07. The number of benzene rings is 1. The normalized spacial score (nSPS) is 17.4. The van der Waals surface area contributed by atoms with Crippen LogP contribution in [0.2, 0.25) is 5.02 Å². The number of nitrogens with one attached hydrogen (secondary N) is 1. The van der Waals surface area contributed by atoms with Crippen LogP contribution in [-0.4, -0.2) is 15.0 Å². The van der Waals surface area contributed by atoms with Crippen LogP contribution in [0.1, 0.15) is 26.7 Å². The van der Waals surface area contributed by atoms with Gasteiger partial charge in [0.2, 0.25) is 10.0 Å². The van der Waals surface area contributed by atoms with Crippen LogP contribution in [0.25, 0.3) is 0 Å². The molecule has 2 rings (SSSR count). The Kier molecular flexibility index (Phi) is 4.40. The summed E-state index contributed by atoms with van der Waals surface area (Å²) < 4.78 is 27.8. The zero-order valence-corrected chi connectivity index (χ0v) is 14.6. The Morgan fingerprint density at radius 2 is 2.05 bits per heavy atom. The molecule has 1 aliphatic carbocycles. The molecule has 20 heavy (non-hydrogen) atoms. The first-order chi connectivity index (χ1) is 9.18. The highest BCUT2D eigenvalue weighted by molar-refractivity contribution is 9.10. The third kappa shape index (κ3) is 3.13. The lowest BCUT2D eigenvalue weighted by Crippen LogP contribution is -2.32. The molecule has 0 spiro atoms. The summed E-state index contributed by atoms with van der Waals surface area (Å²) in [5.74, 6) is 0.457. The molecule has 0 amide bonds. The van der Waals surface area contributed by atoms with Crippen LogP contribution in [0.15, 0.2) is 21.5 Å². The molecule has 0 aromatic heterocycles. The lowest BCUT2D eigenvalue weighted by molar-refractivity contribution is 0.357. The van der Waals surface area contributed by atoms with Crippen molar-refractivity contribution in [3.63, 3.8) is 0 Å². The molecule has 0 radical (unpaired) electrons. The minimum Gasteiger partial charge on any atom is -0.398 e.